The van der Waals surface area contributed by atoms with Gasteiger partial charge in [-0.2, -0.15) is 0 Å². The maximum absolute atomic E-state index is 13.3. The van der Waals surface area contributed by atoms with Crippen molar-refractivity contribution in [3.05, 3.63) is 35.4 Å². The molecule has 3 rings (SSSR count). The number of hydrogen-bond acceptors (Lipinski definition) is 2. The number of rotatable bonds is 5. The Labute approximate surface area is 156 Å². The summed E-state index contributed by atoms with van der Waals surface area (Å²) in [4.78, 5) is 12.2. The molecule has 5 heteroatoms. The average Bonchev–Trinajstić information content (AvgIpc) is 2.65. The largest absolute Gasteiger partial charge is 0.459 e. The van der Waals surface area contributed by atoms with Gasteiger partial charge in [-0.05, 0) is 55.7 Å². The zero-order chi connectivity index (χ0) is 18.5. The van der Waals surface area contributed by atoms with Crippen molar-refractivity contribution in [3.8, 4) is 0 Å². The molecule has 0 atom stereocenters. The fraction of sp³-hybridized carbons (Fsp3) is 0.667. The topological polar surface area (TPSA) is 26.3 Å². The Bertz CT molecular complexity index is 606. The quantitative estimate of drug-likeness (QED) is 0.482. The standard InChI is InChI=1S/C21H30F2O2Si/c1-2-11-26-12-9-16(10-13-26)15-3-6-18(7-4-15)25-21(24)17-5-8-19(22)20(23)14-17/h5,8,14-16,18,26H,2-4,6-7,9-13H2,1H3/t15-,16?,18-,26?. The molecule has 144 valence electrons. The SMILES string of the molecule is CCC[SiH]1CCC([C@H]2CC[C@H](OC(=O)c3ccc(F)c(F)c3)CC2)CC1. The molecular weight excluding hydrogens is 350 g/mol. The molecule has 0 spiro atoms. The van der Waals surface area contributed by atoms with Gasteiger partial charge in [0.05, 0.1) is 5.56 Å². The smallest absolute Gasteiger partial charge is 0.338 e. The van der Waals surface area contributed by atoms with Crippen molar-refractivity contribution in [2.45, 2.75) is 76.1 Å². The van der Waals surface area contributed by atoms with Crippen molar-refractivity contribution < 1.29 is 18.3 Å². The van der Waals surface area contributed by atoms with Crippen LogP contribution in [0.4, 0.5) is 8.78 Å². The molecule has 1 saturated heterocycles. The van der Waals surface area contributed by atoms with E-state index in [-0.39, 0.29) is 11.7 Å². The summed E-state index contributed by atoms with van der Waals surface area (Å²) in [5.41, 5.74) is 0.0882. The van der Waals surface area contributed by atoms with Gasteiger partial charge in [0.1, 0.15) is 6.10 Å². The predicted octanol–water partition coefficient (Wildman–Crippen LogP) is 5.73. The molecule has 1 aromatic rings. The van der Waals surface area contributed by atoms with E-state index >= 15 is 0 Å². The van der Waals surface area contributed by atoms with Gasteiger partial charge in [-0.15, -0.1) is 0 Å². The van der Waals surface area contributed by atoms with Gasteiger partial charge in [0.2, 0.25) is 0 Å². The van der Waals surface area contributed by atoms with Crippen molar-refractivity contribution in [2.24, 2.45) is 11.8 Å². The Morgan fingerprint density at radius 2 is 1.69 bits per heavy atom. The number of halogens is 2. The summed E-state index contributed by atoms with van der Waals surface area (Å²) < 4.78 is 31.8. The lowest BCUT2D eigenvalue weighted by Crippen LogP contribution is -2.31. The third-order valence-electron chi connectivity index (χ3n) is 6.40. The highest BCUT2D eigenvalue weighted by molar-refractivity contribution is 6.58. The maximum Gasteiger partial charge on any atom is 0.338 e. The van der Waals surface area contributed by atoms with Crippen LogP contribution in [-0.2, 0) is 4.74 Å². The fourth-order valence-corrected chi connectivity index (χ4v) is 8.36. The Hall–Kier alpha value is -1.23. The first-order valence-electron chi connectivity index (χ1n) is 10.2. The van der Waals surface area contributed by atoms with Crippen molar-refractivity contribution in [2.75, 3.05) is 0 Å². The highest BCUT2D eigenvalue weighted by Crippen LogP contribution is 2.40. The minimum Gasteiger partial charge on any atom is -0.459 e. The van der Waals surface area contributed by atoms with Crippen LogP contribution in [0.2, 0.25) is 18.1 Å². The van der Waals surface area contributed by atoms with Crippen molar-refractivity contribution in [3.63, 3.8) is 0 Å². The first-order valence-corrected chi connectivity index (χ1v) is 12.7. The third kappa shape index (κ3) is 4.93. The van der Waals surface area contributed by atoms with E-state index in [1.807, 2.05) is 0 Å². The van der Waals surface area contributed by atoms with E-state index in [2.05, 4.69) is 6.92 Å². The minimum atomic E-state index is -1.01. The molecule has 2 fully saturated rings. The number of ether oxygens (including phenoxy) is 1. The molecule has 1 aliphatic heterocycles. The molecule has 1 heterocycles. The summed E-state index contributed by atoms with van der Waals surface area (Å²) >= 11 is 0. The number of hydrogen-bond donors (Lipinski definition) is 0. The second-order valence-electron chi connectivity index (χ2n) is 8.14. The molecule has 1 aromatic carbocycles. The van der Waals surface area contributed by atoms with Crippen LogP contribution in [0.25, 0.3) is 0 Å². The summed E-state index contributed by atoms with van der Waals surface area (Å²) in [6, 6.07) is 7.72. The van der Waals surface area contributed by atoms with Crippen LogP contribution in [0.15, 0.2) is 18.2 Å². The summed E-state index contributed by atoms with van der Waals surface area (Å²) in [5.74, 6) is -0.842. The van der Waals surface area contributed by atoms with E-state index < -0.39 is 26.4 Å². The fourth-order valence-electron chi connectivity index (χ4n) is 4.88. The van der Waals surface area contributed by atoms with Crippen molar-refractivity contribution in [1.29, 1.82) is 0 Å². The van der Waals surface area contributed by atoms with E-state index in [4.69, 9.17) is 4.74 Å². The van der Waals surface area contributed by atoms with Gasteiger partial charge >= 0.3 is 5.97 Å². The van der Waals surface area contributed by atoms with Crippen molar-refractivity contribution in [1.82, 2.24) is 0 Å². The summed E-state index contributed by atoms with van der Waals surface area (Å²) in [6.45, 7) is 2.31. The highest BCUT2D eigenvalue weighted by atomic mass is 28.3. The monoisotopic (exact) mass is 380 g/mol. The second-order valence-corrected chi connectivity index (χ2v) is 11.6. The van der Waals surface area contributed by atoms with Crippen LogP contribution >= 0.6 is 0 Å². The van der Waals surface area contributed by atoms with Crippen LogP contribution in [0.1, 0.15) is 62.2 Å². The lowest BCUT2D eigenvalue weighted by molar-refractivity contribution is 0.0126. The number of benzene rings is 1. The molecule has 2 aliphatic rings. The van der Waals surface area contributed by atoms with Crippen LogP contribution in [0.5, 0.6) is 0 Å². The maximum atomic E-state index is 13.3. The van der Waals surface area contributed by atoms with E-state index in [1.54, 1.807) is 0 Å². The molecule has 0 bridgehead atoms. The molecular formula is C21H30F2O2Si. The van der Waals surface area contributed by atoms with Gasteiger partial charge in [-0.3, -0.25) is 0 Å². The molecule has 1 saturated carbocycles. The zero-order valence-electron chi connectivity index (χ0n) is 15.7. The first-order chi connectivity index (χ1) is 12.6. The number of esters is 1. The summed E-state index contributed by atoms with van der Waals surface area (Å²) in [7, 11) is -0.420. The molecule has 2 nitrogen and oxygen atoms in total. The molecule has 0 unspecified atom stereocenters. The van der Waals surface area contributed by atoms with E-state index in [9.17, 15) is 13.6 Å². The zero-order valence-corrected chi connectivity index (χ0v) is 16.8. The van der Waals surface area contributed by atoms with Crippen LogP contribution in [0.3, 0.4) is 0 Å². The van der Waals surface area contributed by atoms with Gasteiger partial charge in [0, 0.05) is 8.80 Å². The normalized spacial score (nSPS) is 29.3. The van der Waals surface area contributed by atoms with Crippen LogP contribution in [-0.4, -0.2) is 20.9 Å². The van der Waals surface area contributed by atoms with Gasteiger partial charge in [0.25, 0.3) is 0 Å². The molecule has 0 N–H and O–H groups in total. The van der Waals surface area contributed by atoms with Gasteiger partial charge < -0.3 is 4.74 Å². The Morgan fingerprint density at radius 1 is 1.04 bits per heavy atom. The van der Waals surface area contributed by atoms with Crippen molar-refractivity contribution >= 4 is 14.8 Å². The molecule has 26 heavy (non-hydrogen) atoms. The number of carbonyl (C=O) groups excluding carboxylic acids is 1. The highest BCUT2D eigenvalue weighted by Gasteiger charge is 2.32. The van der Waals surface area contributed by atoms with Gasteiger partial charge in [0.15, 0.2) is 11.6 Å². The minimum absolute atomic E-state index is 0.0855. The lowest BCUT2D eigenvalue weighted by atomic mass is 9.76. The molecule has 0 amide bonds. The van der Waals surface area contributed by atoms with E-state index in [0.29, 0.717) is 0 Å². The van der Waals surface area contributed by atoms with E-state index in [0.717, 1.165) is 49.7 Å². The number of carbonyl (C=O) groups is 1. The van der Waals surface area contributed by atoms with Crippen LogP contribution in [0, 0.1) is 23.5 Å². The molecule has 0 aromatic heterocycles. The Balaban J connectivity index is 1.44. The van der Waals surface area contributed by atoms with Gasteiger partial charge in [-0.25, -0.2) is 13.6 Å². The predicted molar refractivity (Wildman–Crippen MR) is 102 cm³/mol. The Kier molecular flexibility index (Phi) is 6.84. The van der Waals surface area contributed by atoms with Gasteiger partial charge in [-0.1, -0.05) is 44.3 Å². The van der Waals surface area contributed by atoms with E-state index in [1.165, 1.54) is 43.5 Å². The molecule has 0 radical (unpaired) electrons. The first kappa shape index (κ1) is 19.5. The molecule has 1 aliphatic carbocycles. The summed E-state index contributed by atoms with van der Waals surface area (Å²) in [6.07, 6.45) is 8.15. The second kappa shape index (κ2) is 9.11. The lowest BCUT2D eigenvalue weighted by Gasteiger charge is -2.37. The third-order valence-corrected chi connectivity index (χ3v) is 10.1. The average molecular weight is 381 g/mol. The summed E-state index contributed by atoms with van der Waals surface area (Å²) in [5, 5.41) is 0. The Morgan fingerprint density at radius 3 is 2.31 bits per heavy atom. The van der Waals surface area contributed by atoms with Crippen LogP contribution < -0.4 is 0 Å².